The number of carbonyl (C=O) groups is 1. The van der Waals surface area contributed by atoms with Crippen molar-refractivity contribution < 1.29 is 9.21 Å². The zero-order valence-electron chi connectivity index (χ0n) is 14.3. The lowest BCUT2D eigenvalue weighted by molar-refractivity contribution is 0.0931. The van der Waals surface area contributed by atoms with Gasteiger partial charge in [-0.05, 0) is 47.6 Å². The molecule has 132 valence electrons. The first kappa shape index (κ1) is 17.8. The van der Waals surface area contributed by atoms with Crippen molar-refractivity contribution in [3.8, 4) is 10.8 Å². The molecule has 5 nitrogen and oxygen atoms in total. The minimum absolute atomic E-state index is 0.151. The summed E-state index contributed by atoms with van der Waals surface area (Å²) in [5.41, 5.74) is 1.67. The van der Waals surface area contributed by atoms with E-state index in [1.165, 1.54) is 16.9 Å². The van der Waals surface area contributed by atoms with Crippen molar-refractivity contribution >= 4 is 28.6 Å². The lowest BCUT2D eigenvalue weighted by Crippen LogP contribution is -2.38. The lowest BCUT2D eigenvalue weighted by atomic mass is 10.1. The van der Waals surface area contributed by atoms with E-state index in [4.69, 9.17) is 4.42 Å². The van der Waals surface area contributed by atoms with Crippen molar-refractivity contribution in [2.75, 3.05) is 19.6 Å². The van der Waals surface area contributed by atoms with E-state index in [1.807, 2.05) is 12.1 Å². The molecule has 1 amide bonds. The summed E-state index contributed by atoms with van der Waals surface area (Å²) in [5, 5.41) is 9.74. The molecule has 0 aliphatic rings. The summed E-state index contributed by atoms with van der Waals surface area (Å²) >= 11 is 3.09. The molecule has 0 saturated carbocycles. The fourth-order valence-corrected chi connectivity index (χ4v) is 4.23. The Labute approximate surface area is 155 Å². The van der Waals surface area contributed by atoms with Gasteiger partial charge in [0.2, 0.25) is 0 Å². The van der Waals surface area contributed by atoms with Crippen molar-refractivity contribution in [1.82, 2.24) is 15.2 Å². The van der Waals surface area contributed by atoms with E-state index in [1.54, 1.807) is 23.0 Å². The number of furan rings is 1. The van der Waals surface area contributed by atoms with Crippen LogP contribution < -0.4 is 5.32 Å². The number of likely N-dealkylation sites (N-methyl/N-ethyl adjacent to an activating group) is 1. The Morgan fingerprint density at radius 1 is 1.32 bits per heavy atom. The molecule has 3 rings (SSSR count). The summed E-state index contributed by atoms with van der Waals surface area (Å²) in [4.78, 5) is 19.2. The Balaban J connectivity index is 1.67. The molecule has 0 saturated heterocycles. The average Bonchev–Trinajstić information content (AvgIpc) is 3.39. The molecule has 0 aliphatic carbocycles. The number of hydrogen-bond acceptors (Lipinski definition) is 6. The highest BCUT2D eigenvalue weighted by Crippen LogP contribution is 2.25. The van der Waals surface area contributed by atoms with Crippen molar-refractivity contribution in [1.29, 1.82) is 0 Å². The Bertz CT molecular complexity index is 777. The molecule has 0 unspecified atom stereocenters. The molecule has 25 heavy (non-hydrogen) atoms. The number of amides is 1. The van der Waals surface area contributed by atoms with Gasteiger partial charge in [0.15, 0.2) is 10.8 Å². The van der Waals surface area contributed by atoms with Gasteiger partial charge >= 0.3 is 0 Å². The highest BCUT2D eigenvalue weighted by Gasteiger charge is 2.20. The van der Waals surface area contributed by atoms with Gasteiger partial charge in [0.1, 0.15) is 5.69 Å². The highest BCUT2D eigenvalue weighted by molar-refractivity contribution is 7.13. The van der Waals surface area contributed by atoms with Gasteiger partial charge in [-0.3, -0.25) is 9.69 Å². The van der Waals surface area contributed by atoms with Crippen LogP contribution in [0.2, 0.25) is 0 Å². The molecule has 3 aromatic heterocycles. The van der Waals surface area contributed by atoms with Gasteiger partial charge in [0.05, 0.1) is 12.3 Å². The Morgan fingerprint density at radius 2 is 2.16 bits per heavy atom. The van der Waals surface area contributed by atoms with E-state index in [-0.39, 0.29) is 11.9 Å². The minimum atomic E-state index is -0.151. The molecule has 1 N–H and O–H groups in total. The molecule has 3 aromatic rings. The van der Waals surface area contributed by atoms with E-state index in [0.29, 0.717) is 23.0 Å². The summed E-state index contributed by atoms with van der Waals surface area (Å²) in [6.45, 7) is 6.71. The maximum absolute atomic E-state index is 12.5. The summed E-state index contributed by atoms with van der Waals surface area (Å²) in [6.07, 6.45) is 1.60. The normalized spacial score (nSPS) is 12.4. The number of hydrogen-bond donors (Lipinski definition) is 1. The van der Waals surface area contributed by atoms with Gasteiger partial charge in [0, 0.05) is 11.9 Å². The predicted molar refractivity (Wildman–Crippen MR) is 102 cm³/mol. The van der Waals surface area contributed by atoms with Crippen LogP contribution in [0.3, 0.4) is 0 Å². The predicted octanol–water partition coefficient (Wildman–Crippen LogP) is 4.28. The Kier molecular flexibility index (Phi) is 6.01. The summed E-state index contributed by atoms with van der Waals surface area (Å²) in [6, 6.07) is 5.95. The molecule has 3 heterocycles. The number of rotatable bonds is 8. The molecule has 0 aromatic carbocycles. The van der Waals surface area contributed by atoms with E-state index >= 15 is 0 Å². The number of carbonyl (C=O) groups excluding carboxylic acids is 1. The number of thiophene rings is 1. The Hall–Kier alpha value is -1.96. The second-order valence-corrected chi connectivity index (χ2v) is 7.16. The maximum atomic E-state index is 12.5. The second-order valence-electron chi connectivity index (χ2n) is 5.52. The zero-order chi connectivity index (χ0) is 17.6. The van der Waals surface area contributed by atoms with Crippen molar-refractivity contribution in [3.63, 3.8) is 0 Å². The number of aromatic nitrogens is 1. The largest absolute Gasteiger partial charge is 0.462 e. The third-order valence-corrected chi connectivity index (χ3v) is 5.66. The van der Waals surface area contributed by atoms with Crippen LogP contribution >= 0.6 is 22.7 Å². The monoisotopic (exact) mass is 375 g/mol. The van der Waals surface area contributed by atoms with Crippen molar-refractivity contribution in [2.24, 2.45) is 0 Å². The molecular weight excluding hydrogens is 354 g/mol. The van der Waals surface area contributed by atoms with E-state index in [2.05, 4.69) is 45.9 Å². The first-order valence-electron chi connectivity index (χ1n) is 8.26. The van der Waals surface area contributed by atoms with Crippen LogP contribution in [0.4, 0.5) is 0 Å². The van der Waals surface area contributed by atoms with Gasteiger partial charge in [-0.2, -0.15) is 11.3 Å². The smallest absolute Gasteiger partial charge is 0.270 e. The summed E-state index contributed by atoms with van der Waals surface area (Å²) in [7, 11) is 0. The molecule has 1 atom stereocenters. The van der Waals surface area contributed by atoms with Gasteiger partial charge in [0.25, 0.3) is 5.91 Å². The van der Waals surface area contributed by atoms with Crippen LogP contribution in [0.15, 0.2) is 45.0 Å². The number of nitrogens with zero attached hydrogens (tertiary/aromatic N) is 2. The minimum Gasteiger partial charge on any atom is -0.462 e. The summed E-state index contributed by atoms with van der Waals surface area (Å²) in [5.74, 6) is 0.532. The van der Waals surface area contributed by atoms with Crippen LogP contribution in [0.5, 0.6) is 0 Å². The van der Waals surface area contributed by atoms with Crippen LogP contribution in [0, 0.1) is 0 Å². The topological polar surface area (TPSA) is 58.4 Å². The van der Waals surface area contributed by atoms with Crippen LogP contribution in [-0.4, -0.2) is 35.4 Å². The molecule has 0 fully saturated rings. The summed E-state index contributed by atoms with van der Waals surface area (Å²) < 4.78 is 5.33. The molecule has 0 spiro atoms. The number of thiazole rings is 1. The van der Waals surface area contributed by atoms with E-state index in [0.717, 1.165) is 13.1 Å². The SMILES string of the molecule is CCN(CC)[C@@H](CNC(=O)c1csc(-c2ccco2)n1)c1ccsc1. The molecule has 0 radical (unpaired) electrons. The van der Waals surface area contributed by atoms with Crippen LogP contribution in [-0.2, 0) is 0 Å². The standard InChI is InChI=1S/C18H21N3O2S2/c1-3-21(4-2)15(13-7-9-24-11-13)10-19-17(22)14-12-25-18(20-14)16-6-5-8-23-16/h5-9,11-12,15H,3-4,10H2,1-2H3,(H,19,22)/t15-/m0/s1. The zero-order valence-corrected chi connectivity index (χ0v) is 15.9. The van der Waals surface area contributed by atoms with Gasteiger partial charge < -0.3 is 9.73 Å². The second kappa shape index (κ2) is 8.42. The fourth-order valence-electron chi connectivity index (χ4n) is 2.76. The molecule has 7 heteroatoms. The van der Waals surface area contributed by atoms with E-state index in [9.17, 15) is 4.79 Å². The first-order valence-corrected chi connectivity index (χ1v) is 10.1. The Morgan fingerprint density at radius 3 is 2.80 bits per heavy atom. The highest BCUT2D eigenvalue weighted by atomic mass is 32.1. The molecular formula is C18H21N3O2S2. The average molecular weight is 376 g/mol. The third kappa shape index (κ3) is 4.18. The van der Waals surface area contributed by atoms with Crippen LogP contribution in [0.1, 0.15) is 35.9 Å². The maximum Gasteiger partial charge on any atom is 0.270 e. The van der Waals surface area contributed by atoms with Gasteiger partial charge in [-0.15, -0.1) is 11.3 Å². The van der Waals surface area contributed by atoms with Crippen LogP contribution in [0.25, 0.3) is 10.8 Å². The van der Waals surface area contributed by atoms with Crippen molar-refractivity contribution in [3.05, 3.63) is 51.9 Å². The quantitative estimate of drug-likeness (QED) is 0.638. The number of nitrogens with one attached hydrogen (secondary N) is 1. The van der Waals surface area contributed by atoms with Gasteiger partial charge in [-0.25, -0.2) is 4.98 Å². The fraction of sp³-hybridized carbons (Fsp3) is 0.333. The lowest BCUT2D eigenvalue weighted by Gasteiger charge is -2.29. The van der Waals surface area contributed by atoms with E-state index < -0.39 is 0 Å². The molecule has 0 bridgehead atoms. The van der Waals surface area contributed by atoms with Crippen molar-refractivity contribution in [2.45, 2.75) is 19.9 Å². The third-order valence-electron chi connectivity index (χ3n) is 4.11. The molecule has 0 aliphatic heterocycles. The van der Waals surface area contributed by atoms with Gasteiger partial charge in [-0.1, -0.05) is 13.8 Å². The first-order chi connectivity index (χ1) is 12.2.